The Morgan fingerprint density at radius 2 is 1.18 bits per heavy atom. The molecule has 1 heterocycles. The van der Waals surface area contributed by atoms with E-state index in [9.17, 15) is 0 Å². The highest BCUT2D eigenvalue weighted by molar-refractivity contribution is 5.55. The number of benzene rings is 1. The first-order chi connectivity index (χ1) is 16.0. The molecule has 1 aliphatic rings. The van der Waals surface area contributed by atoms with Crippen LogP contribution in [0.1, 0.15) is 147 Å². The van der Waals surface area contributed by atoms with E-state index in [0.717, 1.165) is 24.2 Å². The van der Waals surface area contributed by atoms with Gasteiger partial charge in [-0.3, -0.25) is 0 Å². The molecule has 0 fully saturated rings. The average Bonchev–Trinajstić information content (AvgIpc) is 2.76. The molecule has 2 rings (SSSR count). The van der Waals surface area contributed by atoms with Gasteiger partial charge >= 0.3 is 0 Å². The highest BCUT2D eigenvalue weighted by atomic mass is 16.5. The van der Waals surface area contributed by atoms with Crippen molar-refractivity contribution < 1.29 is 4.74 Å². The minimum Gasteiger partial charge on any atom is -0.487 e. The van der Waals surface area contributed by atoms with Crippen LogP contribution in [0.5, 0.6) is 5.75 Å². The van der Waals surface area contributed by atoms with Crippen molar-refractivity contribution in [1.29, 1.82) is 0 Å². The van der Waals surface area contributed by atoms with E-state index in [4.69, 9.17) is 4.74 Å². The van der Waals surface area contributed by atoms with Gasteiger partial charge in [-0.1, -0.05) is 92.9 Å². The normalized spacial score (nSPS) is 19.2. The molecule has 0 saturated heterocycles. The smallest absolute Gasteiger partial charge is 0.126 e. The van der Waals surface area contributed by atoms with Crippen LogP contribution in [0.3, 0.4) is 0 Å². The van der Waals surface area contributed by atoms with E-state index in [2.05, 4.69) is 76.2 Å². The van der Waals surface area contributed by atoms with E-state index in [1.165, 1.54) is 104 Å². The Morgan fingerprint density at radius 3 is 1.71 bits per heavy atom. The van der Waals surface area contributed by atoms with Crippen LogP contribution in [0.25, 0.3) is 0 Å². The molecule has 1 aliphatic heterocycles. The first-order valence-electron chi connectivity index (χ1n) is 14.7. The molecule has 0 spiro atoms. The molecule has 0 bridgehead atoms. The summed E-state index contributed by atoms with van der Waals surface area (Å²) < 4.78 is 6.72. The van der Waals surface area contributed by atoms with Crippen LogP contribution in [0.15, 0.2) is 0 Å². The van der Waals surface area contributed by atoms with Crippen molar-refractivity contribution in [3.63, 3.8) is 0 Å². The predicted octanol–water partition coefficient (Wildman–Crippen LogP) is 10.9. The molecule has 0 N–H and O–H groups in total. The topological polar surface area (TPSA) is 9.23 Å². The van der Waals surface area contributed by atoms with Crippen LogP contribution < -0.4 is 4.74 Å². The van der Waals surface area contributed by atoms with Gasteiger partial charge in [-0.15, -0.1) is 0 Å². The van der Waals surface area contributed by atoms with Gasteiger partial charge < -0.3 is 4.74 Å². The van der Waals surface area contributed by atoms with Gasteiger partial charge in [0, 0.05) is 0 Å². The van der Waals surface area contributed by atoms with Crippen molar-refractivity contribution in [3.8, 4) is 5.75 Å². The maximum Gasteiger partial charge on any atom is 0.126 e. The molecule has 0 aliphatic carbocycles. The van der Waals surface area contributed by atoms with Gasteiger partial charge in [0.05, 0.1) is 0 Å². The molecule has 0 saturated carbocycles. The Morgan fingerprint density at radius 1 is 0.706 bits per heavy atom. The molecule has 0 amide bonds. The Labute approximate surface area is 214 Å². The summed E-state index contributed by atoms with van der Waals surface area (Å²) in [7, 11) is 0. The summed E-state index contributed by atoms with van der Waals surface area (Å²) in [5.74, 6) is 3.81. The van der Waals surface area contributed by atoms with Crippen LogP contribution in [-0.2, 0) is 6.42 Å². The van der Waals surface area contributed by atoms with Crippen molar-refractivity contribution in [2.24, 2.45) is 17.8 Å². The monoisotopic (exact) mass is 472 g/mol. The van der Waals surface area contributed by atoms with Gasteiger partial charge in [0.1, 0.15) is 11.4 Å². The number of ether oxygens (including phenoxy) is 1. The first-order valence-corrected chi connectivity index (χ1v) is 14.7. The summed E-state index contributed by atoms with van der Waals surface area (Å²) >= 11 is 0. The molecular weight excluding hydrogens is 412 g/mol. The molecule has 34 heavy (non-hydrogen) atoms. The van der Waals surface area contributed by atoms with Crippen LogP contribution in [0.4, 0.5) is 0 Å². The van der Waals surface area contributed by atoms with E-state index < -0.39 is 0 Å². The standard InChI is InChI=1S/C30H52O.C3H8/c1-21(2)13-10-14-22(3)15-11-16-23(4)17-12-19-30(9)20-18-28-26(7)24(5)25(6)27(8)29(28)31-30;1-3-2/h21-23H,10-20H2,1-9H3;3H2,1-2H3. The van der Waals surface area contributed by atoms with Crippen molar-refractivity contribution in [3.05, 3.63) is 27.8 Å². The third kappa shape index (κ3) is 9.94. The Hall–Kier alpha value is -0.980. The lowest BCUT2D eigenvalue weighted by Crippen LogP contribution is -2.37. The lowest BCUT2D eigenvalue weighted by molar-refractivity contribution is 0.0513. The highest BCUT2D eigenvalue weighted by Gasteiger charge is 2.33. The van der Waals surface area contributed by atoms with Gasteiger partial charge in [0.25, 0.3) is 0 Å². The lowest BCUT2D eigenvalue weighted by Gasteiger charge is -2.38. The Kier molecular flexibility index (Phi) is 13.9. The summed E-state index contributed by atoms with van der Waals surface area (Å²) in [6, 6.07) is 0. The maximum absolute atomic E-state index is 6.72. The molecule has 1 heteroatoms. The molecule has 1 aromatic carbocycles. The molecule has 3 unspecified atom stereocenters. The van der Waals surface area contributed by atoms with Crippen LogP contribution in [0.2, 0.25) is 0 Å². The SMILES string of the molecule is CCC.Cc1c(C)c(C)c2c(c1C)CCC(C)(CCCC(C)CCCC(C)CCCC(C)C)O2. The fourth-order valence-corrected chi connectivity index (χ4v) is 5.46. The number of hydrogen-bond donors (Lipinski definition) is 0. The van der Waals surface area contributed by atoms with E-state index in [0.29, 0.717) is 0 Å². The fraction of sp³-hybridized carbons (Fsp3) is 0.818. The predicted molar refractivity (Wildman–Crippen MR) is 153 cm³/mol. The molecule has 0 aromatic heterocycles. The number of rotatable bonds is 12. The molecule has 1 nitrogen and oxygen atoms in total. The van der Waals surface area contributed by atoms with Gasteiger partial charge in [-0.2, -0.15) is 0 Å². The van der Waals surface area contributed by atoms with Crippen LogP contribution in [-0.4, -0.2) is 5.60 Å². The van der Waals surface area contributed by atoms with E-state index in [1.54, 1.807) is 0 Å². The molecule has 198 valence electrons. The third-order valence-electron chi connectivity index (χ3n) is 8.28. The lowest BCUT2D eigenvalue weighted by atomic mass is 9.83. The van der Waals surface area contributed by atoms with E-state index in [-0.39, 0.29) is 5.60 Å². The maximum atomic E-state index is 6.72. The molecule has 3 atom stereocenters. The number of fused-ring (bicyclic) bond motifs is 1. The molecular formula is C33H60O. The zero-order chi connectivity index (χ0) is 25.9. The minimum atomic E-state index is 0.0105. The van der Waals surface area contributed by atoms with Crippen LogP contribution >= 0.6 is 0 Å². The Balaban J connectivity index is 0.00000182. The number of hydrogen-bond acceptors (Lipinski definition) is 1. The summed E-state index contributed by atoms with van der Waals surface area (Å²) in [5, 5.41) is 0. The second-order valence-electron chi connectivity index (χ2n) is 12.4. The van der Waals surface area contributed by atoms with Crippen molar-refractivity contribution in [1.82, 2.24) is 0 Å². The van der Waals surface area contributed by atoms with E-state index >= 15 is 0 Å². The minimum absolute atomic E-state index is 0.0105. The summed E-state index contributed by atoms with van der Waals surface area (Å²) in [6.45, 7) is 25.2. The summed E-state index contributed by atoms with van der Waals surface area (Å²) in [6.07, 6.45) is 15.8. The molecule has 1 aromatic rings. The van der Waals surface area contributed by atoms with Crippen molar-refractivity contribution in [2.45, 2.75) is 159 Å². The van der Waals surface area contributed by atoms with E-state index in [1.807, 2.05) is 0 Å². The average molecular weight is 473 g/mol. The Bertz CT molecular complexity index is 716. The first kappa shape index (κ1) is 31.1. The highest BCUT2D eigenvalue weighted by Crippen LogP contribution is 2.42. The van der Waals surface area contributed by atoms with Crippen molar-refractivity contribution in [2.75, 3.05) is 0 Å². The zero-order valence-corrected chi connectivity index (χ0v) is 25.1. The van der Waals surface area contributed by atoms with Crippen LogP contribution in [0, 0.1) is 45.4 Å². The van der Waals surface area contributed by atoms with Gasteiger partial charge in [-0.25, -0.2) is 0 Å². The summed E-state index contributed by atoms with van der Waals surface area (Å²) in [4.78, 5) is 0. The third-order valence-corrected chi connectivity index (χ3v) is 8.28. The van der Waals surface area contributed by atoms with Gasteiger partial charge in [0.2, 0.25) is 0 Å². The molecule has 0 radical (unpaired) electrons. The fourth-order valence-electron chi connectivity index (χ4n) is 5.46. The van der Waals surface area contributed by atoms with Crippen molar-refractivity contribution >= 4 is 0 Å². The van der Waals surface area contributed by atoms with Gasteiger partial charge in [-0.05, 0) is 106 Å². The van der Waals surface area contributed by atoms with Gasteiger partial charge in [0.15, 0.2) is 0 Å². The largest absolute Gasteiger partial charge is 0.487 e. The summed E-state index contributed by atoms with van der Waals surface area (Å²) in [5.41, 5.74) is 7.15. The zero-order valence-electron chi connectivity index (χ0n) is 25.1. The second-order valence-corrected chi connectivity index (χ2v) is 12.4. The second kappa shape index (κ2) is 15.2. The quantitative estimate of drug-likeness (QED) is 0.294.